The zero-order valence-corrected chi connectivity index (χ0v) is 10.6. The molecule has 0 aromatic carbocycles. The molecule has 0 aromatic heterocycles. The minimum atomic E-state index is -0.976. The Kier molecular flexibility index (Phi) is 4.58. The van der Waals surface area contributed by atoms with Crippen molar-refractivity contribution < 1.29 is 19.4 Å². The number of carboxylic acid groups (broad SMARTS) is 1. The highest BCUT2D eigenvalue weighted by Crippen LogP contribution is 2.27. The SMILES string of the molecule is O=C(NCCC1CCCC1)[C@@H]1CC[C@H](C(=O)O)O1. The zero-order chi connectivity index (χ0) is 13.0. The van der Waals surface area contributed by atoms with Gasteiger partial charge in [-0.2, -0.15) is 0 Å². The van der Waals surface area contributed by atoms with Gasteiger partial charge >= 0.3 is 5.97 Å². The summed E-state index contributed by atoms with van der Waals surface area (Å²) in [6, 6.07) is 0. The number of carboxylic acids is 1. The van der Waals surface area contributed by atoms with Gasteiger partial charge in [0.2, 0.25) is 5.91 Å². The fourth-order valence-corrected chi connectivity index (χ4v) is 2.82. The quantitative estimate of drug-likeness (QED) is 0.776. The summed E-state index contributed by atoms with van der Waals surface area (Å²) in [6.45, 7) is 0.682. The van der Waals surface area contributed by atoms with Crippen molar-refractivity contribution in [1.29, 1.82) is 0 Å². The first kappa shape index (κ1) is 13.3. The molecular formula is C13H21NO4. The molecule has 2 aliphatic rings. The van der Waals surface area contributed by atoms with Gasteiger partial charge < -0.3 is 15.2 Å². The van der Waals surface area contributed by atoms with Gasteiger partial charge in [-0.3, -0.25) is 4.79 Å². The van der Waals surface area contributed by atoms with Crippen LogP contribution in [0.1, 0.15) is 44.9 Å². The second-order valence-corrected chi connectivity index (χ2v) is 5.26. The predicted octanol–water partition coefficient (Wildman–Crippen LogP) is 1.32. The van der Waals surface area contributed by atoms with E-state index in [-0.39, 0.29) is 5.91 Å². The van der Waals surface area contributed by atoms with Crippen LogP contribution >= 0.6 is 0 Å². The Morgan fingerprint density at radius 1 is 1.11 bits per heavy atom. The van der Waals surface area contributed by atoms with Crippen molar-refractivity contribution in [3.63, 3.8) is 0 Å². The summed E-state index contributed by atoms with van der Waals surface area (Å²) >= 11 is 0. The molecule has 0 unspecified atom stereocenters. The minimum absolute atomic E-state index is 0.156. The summed E-state index contributed by atoms with van der Waals surface area (Å²) in [4.78, 5) is 22.5. The molecule has 0 bridgehead atoms. The van der Waals surface area contributed by atoms with Crippen LogP contribution in [0.5, 0.6) is 0 Å². The molecule has 1 saturated heterocycles. The average molecular weight is 255 g/mol. The zero-order valence-electron chi connectivity index (χ0n) is 10.6. The van der Waals surface area contributed by atoms with Crippen molar-refractivity contribution in [2.24, 2.45) is 5.92 Å². The third-order valence-electron chi connectivity index (χ3n) is 3.91. The van der Waals surface area contributed by atoms with Crippen LogP contribution in [-0.2, 0) is 14.3 Å². The highest BCUT2D eigenvalue weighted by molar-refractivity contribution is 5.82. The molecule has 1 heterocycles. The van der Waals surface area contributed by atoms with Gasteiger partial charge in [0.15, 0.2) is 6.10 Å². The van der Waals surface area contributed by atoms with Gasteiger partial charge in [0.05, 0.1) is 0 Å². The van der Waals surface area contributed by atoms with Crippen molar-refractivity contribution in [2.75, 3.05) is 6.54 Å². The molecular weight excluding hydrogens is 234 g/mol. The molecule has 2 N–H and O–H groups in total. The third kappa shape index (κ3) is 3.45. The molecule has 2 rings (SSSR count). The number of hydrogen-bond donors (Lipinski definition) is 2. The van der Waals surface area contributed by atoms with Gasteiger partial charge in [0, 0.05) is 6.54 Å². The van der Waals surface area contributed by atoms with Crippen LogP contribution < -0.4 is 5.32 Å². The fraction of sp³-hybridized carbons (Fsp3) is 0.846. The third-order valence-corrected chi connectivity index (χ3v) is 3.91. The molecule has 102 valence electrons. The van der Waals surface area contributed by atoms with E-state index in [9.17, 15) is 9.59 Å². The first-order valence-corrected chi connectivity index (χ1v) is 6.83. The predicted molar refractivity (Wildman–Crippen MR) is 65.1 cm³/mol. The summed E-state index contributed by atoms with van der Waals surface area (Å²) in [5.41, 5.74) is 0. The van der Waals surface area contributed by atoms with E-state index < -0.39 is 18.2 Å². The Labute approximate surface area is 107 Å². The summed E-state index contributed by atoms with van der Waals surface area (Å²) in [7, 11) is 0. The maximum Gasteiger partial charge on any atom is 0.332 e. The molecule has 1 aliphatic heterocycles. The normalized spacial score (nSPS) is 28.4. The van der Waals surface area contributed by atoms with Crippen molar-refractivity contribution in [1.82, 2.24) is 5.32 Å². The summed E-state index contributed by atoms with van der Waals surface area (Å²) in [5, 5.41) is 11.6. The molecule has 1 aliphatic carbocycles. The van der Waals surface area contributed by atoms with Crippen LogP contribution in [0, 0.1) is 5.92 Å². The standard InChI is InChI=1S/C13H21NO4/c15-12(10-5-6-11(18-10)13(16)17)14-8-7-9-3-1-2-4-9/h9-11H,1-8H2,(H,14,15)(H,16,17)/t10-,11+/m0/s1. The number of aliphatic carboxylic acids is 1. The van der Waals surface area contributed by atoms with Gasteiger partial charge in [-0.05, 0) is 25.2 Å². The van der Waals surface area contributed by atoms with Crippen LogP contribution in [0.4, 0.5) is 0 Å². The molecule has 5 nitrogen and oxygen atoms in total. The lowest BCUT2D eigenvalue weighted by atomic mass is 10.0. The first-order valence-electron chi connectivity index (χ1n) is 6.83. The molecule has 0 aromatic rings. The molecule has 0 spiro atoms. The van der Waals surface area contributed by atoms with Crippen LogP contribution in [-0.4, -0.2) is 35.7 Å². The molecule has 18 heavy (non-hydrogen) atoms. The Morgan fingerprint density at radius 3 is 2.39 bits per heavy atom. The fourth-order valence-electron chi connectivity index (χ4n) is 2.82. The van der Waals surface area contributed by atoms with Gasteiger partial charge in [-0.25, -0.2) is 4.79 Å². The maximum absolute atomic E-state index is 11.8. The number of ether oxygens (including phenoxy) is 1. The Bertz CT molecular complexity index is 312. The second kappa shape index (κ2) is 6.18. The summed E-state index contributed by atoms with van der Waals surface area (Å²) < 4.78 is 5.20. The number of nitrogens with one attached hydrogen (secondary N) is 1. The Morgan fingerprint density at radius 2 is 1.78 bits per heavy atom. The molecule has 5 heteroatoms. The minimum Gasteiger partial charge on any atom is -0.479 e. The van der Waals surface area contributed by atoms with Crippen LogP contribution in [0.15, 0.2) is 0 Å². The number of carbonyl (C=O) groups is 2. The van der Waals surface area contributed by atoms with Crippen LogP contribution in [0.2, 0.25) is 0 Å². The highest BCUT2D eigenvalue weighted by atomic mass is 16.5. The number of carbonyl (C=O) groups excluding carboxylic acids is 1. The number of amides is 1. The molecule has 1 amide bonds. The van der Waals surface area contributed by atoms with E-state index in [1.165, 1.54) is 25.7 Å². The molecule has 2 fully saturated rings. The van der Waals surface area contributed by atoms with Crippen molar-refractivity contribution in [3.05, 3.63) is 0 Å². The Balaban J connectivity index is 1.64. The first-order chi connectivity index (χ1) is 8.66. The van der Waals surface area contributed by atoms with Crippen LogP contribution in [0.25, 0.3) is 0 Å². The van der Waals surface area contributed by atoms with E-state index in [0.29, 0.717) is 19.4 Å². The van der Waals surface area contributed by atoms with Gasteiger partial charge in [-0.1, -0.05) is 25.7 Å². The average Bonchev–Trinajstić information content (AvgIpc) is 2.99. The summed E-state index contributed by atoms with van der Waals surface area (Å²) in [5.74, 6) is -0.380. The van der Waals surface area contributed by atoms with Crippen molar-refractivity contribution in [3.8, 4) is 0 Å². The van der Waals surface area contributed by atoms with Crippen molar-refractivity contribution >= 4 is 11.9 Å². The molecule has 1 saturated carbocycles. The molecule has 2 atom stereocenters. The number of rotatable bonds is 5. The van der Waals surface area contributed by atoms with Crippen LogP contribution in [0.3, 0.4) is 0 Å². The van der Waals surface area contributed by atoms with Gasteiger partial charge in [0.1, 0.15) is 6.10 Å². The van der Waals surface area contributed by atoms with E-state index in [2.05, 4.69) is 5.32 Å². The summed E-state index contributed by atoms with van der Waals surface area (Å²) in [6.07, 6.45) is 5.75. The topological polar surface area (TPSA) is 75.6 Å². The van der Waals surface area contributed by atoms with E-state index in [4.69, 9.17) is 9.84 Å². The lowest BCUT2D eigenvalue weighted by molar-refractivity contribution is -0.151. The lowest BCUT2D eigenvalue weighted by Gasteiger charge is -2.13. The largest absolute Gasteiger partial charge is 0.479 e. The van der Waals surface area contributed by atoms with E-state index in [1.807, 2.05) is 0 Å². The van der Waals surface area contributed by atoms with Crippen molar-refractivity contribution in [2.45, 2.75) is 57.2 Å². The van der Waals surface area contributed by atoms with E-state index >= 15 is 0 Å². The van der Waals surface area contributed by atoms with Gasteiger partial charge in [-0.15, -0.1) is 0 Å². The smallest absolute Gasteiger partial charge is 0.332 e. The van der Waals surface area contributed by atoms with Gasteiger partial charge in [0.25, 0.3) is 0 Å². The van der Waals surface area contributed by atoms with E-state index in [0.717, 1.165) is 12.3 Å². The highest BCUT2D eigenvalue weighted by Gasteiger charge is 2.34. The molecule has 0 radical (unpaired) electrons. The maximum atomic E-state index is 11.8. The second-order valence-electron chi connectivity index (χ2n) is 5.26. The lowest BCUT2D eigenvalue weighted by Crippen LogP contribution is -2.36. The monoisotopic (exact) mass is 255 g/mol. The number of hydrogen-bond acceptors (Lipinski definition) is 3. The Hall–Kier alpha value is -1.10. The van der Waals surface area contributed by atoms with E-state index in [1.54, 1.807) is 0 Å².